The Morgan fingerprint density at radius 3 is 2.48 bits per heavy atom. The van der Waals surface area contributed by atoms with E-state index in [-0.39, 0.29) is 23.8 Å². The molecule has 2 N–H and O–H groups in total. The van der Waals surface area contributed by atoms with Crippen molar-refractivity contribution in [2.45, 2.75) is 37.8 Å². The largest absolute Gasteiger partial charge is 0.344 e. The van der Waals surface area contributed by atoms with Gasteiger partial charge >= 0.3 is 0 Å². The second kappa shape index (κ2) is 6.01. The summed E-state index contributed by atoms with van der Waals surface area (Å²) in [5.41, 5.74) is 0. The van der Waals surface area contributed by atoms with Crippen LogP contribution >= 0.6 is 0 Å². The number of hydrogen-bond donors (Lipinski definition) is 2. The van der Waals surface area contributed by atoms with Crippen LogP contribution in [-0.4, -0.2) is 72.3 Å². The zero-order valence-corrected chi connectivity index (χ0v) is 12.1. The Bertz CT molecular complexity index is 448. The fourth-order valence-corrected chi connectivity index (χ4v) is 3.38. The maximum Gasteiger partial charge on any atom is 0.245 e. The van der Waals surface area contributed by atoms with Crippen molar-refractivity contribution in [1.82, 2.24) is 20.4 Å². The first-order valence-corrected chi connectivity index (χ1v) is 7.76. The lowest BCUT2D eigenvalue weighted by molar-refractivity contribution is -0.145. The van der Waals surface area contributed by atoms with Gasteiger partial charge in [-0.05, 0) is 19.3 Å². The summed E-state index contributed by atoms with van der Waals surface area (Å²) in [6.07, 6.45) is 2.54. The van der Waals surface area contributed by atoms with E-state index >= 15 is 0 Å². The molecule has 3 amide bonds. The van der Waals surface area contributed by atoms with Crippen molar-refractivity contribution in [3.63, 3.8) is 0 Å². The van der Waals surface area contributed by atoms with Crippen molar-refractivity contribution in [3.05, 3.63) is 0 Å². The first-order chi connectivity index (χ1) is 10.2. The maximum atomic E-state index is 12.6. The van der Waals surface area contributed by atoms with Gasteiger partial charge in [-0.15, -0.1) is 0 Å². The van der Waals surface area contributed by atoms with E-state index in [1.54, 1.807) is 4.90 Å². The molecule has 7 heteroatoms. The van der Waals surface area contributed by atoms with Crippen LogP contribution in [0.3, 0.4) is 0 Å². The predicted molar refractivity (Wildman–Crippen MR) is 75.3 cm³/mol. The van der Waals surface area contributed by atoms with Gasteiger partial charge in [0.15, 0.2) is 0 Å². The van der Waals surface area contributed by atoms with Crippen molar-refractivity contribution in [2.75, 3.05) is 32.7 Å². The molecule has 0 bridgehead atoms. The van der Waals surface area contributed by atoms with Crippen LogP contribution in [0.15, 0.2) is 0 Å². The number of piperazine rings is 1. The Hall–Kier alpha value is -1.63. The number of nitrogens with one attached hydrogen (secondary N) is 2. The fraction of sp³-hybridized carbons (Fsp3) is 0.786. The molecule has 0 radical (unpaired) electrons. The lowest BCUT2D eigenvalue weighted by Crippen LogP contribution is -2.55. The van der Waals surface area contributed by atoms with Gasteiger partial charge in [0.2, 0.25) is 17.7 Å². The monoisotopic (exact) mass is 294 g/mol. The summed E-state index contributed by atoms with van der Waals surface area (Å²) in [4.78, 5) is 39.9. The van der Waals surface area contributed by atoms with Crippen LogP contribution in [0, 0.1) is 0 Å². The summed E-state index contributed by atoms with van der Waals surface area (Å²) in [6.45, 7) is 3.65. The lowest BCUT2D eigenvalue weighted by Gasteiger charge is -2.33. The Labute approximate surface area is 124 Å². The molecule has 3 fully saturated rings. The summed E-state index contributed by atoms with van der Waals surface area (Å²) < 4.78 is 0. The van der Waals surface area contributed by atoms with E-state index in [1.807, 2.05) is 4.90 Å². The molecular formula is C14H22N4O3. The van der Waals surface area contributed by atoms with Crippen LogP contribution in [0.5, 0.6) is 0 Å². The van der Waals surface area contributed by atoms with E-state index in [1.165, 1.54) is 0 Å². The highest BCUT2D eigenvalue weighted by Gasteiger charge is 2.40. The highest BCUT2D eigenvalue weighted by atomic mass is 16.2. The third-order valence-corrected chi connectivity index (χ3v) is 4.54. The van der Waals surface area contributed by atoms with Gasteiger partial charge in [0.05, 0.1) is 0 Å². The molecule has 3 rings (SSSR count). The third kappa shape index (κ3) is 2.88. The first-order valence-electron chi connectivity index (χ1n) is 7.76. The SMILES string of the molecule is O=C1CC[C@@H](C(=O)N2CCCC2C(=O)N2CCNCC2)N1. The van der Waals surface area contributed by atoms with E-state index in [0.717, 1.165) is 25.9 Å². The Morgan fingerprint density at radius 2 is 1.81 bits per heavy atom. The number of hydrogen-bond acceptors (Lipinski definition) is 4. The van der Waals surface area contributed by atoms with Crippen LogP contribution in [0.4, 0.5) is 0 Å². The van der Waals surface area contributed by atoms with Crippen LogP contribution in [0.1, 0.15) is 25.7 Å². The topological polar surface area (TPSA) is 81.8 Å². The molecule has 2 atom stereocenters. The standard InChI is InChI=1S/C14H22N4O3/c19-12-4-3-10(16-12)13(20)18-7-1-2-11(18)14(21)17-8-5-15-6-9-17/h10-11,15H,1-9H2,(H,16,19)/t10-,11?/m0/s1. The molecule has 1 unspecified atom stereocenters. The van der Waals surface area contributed by atoms with E-state index in [9.17, 15) is 14.4 Å². The zero-order valence-electron chi connectivity index (χ0n) is 12.1. The summed E-state index contributed by atoms with van der Waals surface area (Å²) in [7, 11) is 0. The number of nitrogens with zero attached hydrogens (tertiary/aromatic N) is 2. The quantitative estimate of drug-likeness (QED) is 0.662. The number of rotatable bonds is 2. The van der Waals surface area contributed by atoms with Gasteiger partial charge in [-0.25, -0.2) is 0 Å². The van der Waals surface area contributed by atoms with Crippen LogP contribution in [-0.2, 0) is 14.4 Å². The van der Waals surface area contributed by atoms with Gasteiger partial charge in [0, 0.05) is 39.1 Å². The van der Waals surface area contributed by atoms with Gasteiger partial charge < -0.3 is 20.4 Å². The average Bonchev–Trinajstić information content (AvgIpc) is 3.15. The van der Waals surface area contributed by atoms with Gasteiger partial charge in [-0.1, -0.05) is 0 Å². The molecule has 0 spiro atoms. The minimum Gasteiger partial charge on any atom is -0.344 e. The summed E-state index contributed by atoms with van der Waals surface area (Å²) >= 11 is 0. The summed E-state index contributed by atoms with van der Waals surface area (Å²) in [5, 5.41) is 5.93. The number of amides is 3. The molecule has 0 aromatic carbocycles. The molecule has 0 saturated carbocycles. The molecule has 3 aliphatic rings. The van der Waals surface area contributed by atoms with Crippen molar-refractivity contribution < 1.29 is 14.4 Å². The molecule has 0 aliphatic carbocycles. The predicted octanol–water partition coefficient (Wildman–Crippen LogP) is -1.31. The minimum atomic E-state index is -0.436. The smallest absolute Gasteiger partial charge is 0.245 e. The van der Waals surface area contributed by atoms with E-state index in [0.29, 0.717) is 32.5 Å². The first kappa shape index (κ1) is 14.3. The molecule has 7 nitrogen and oxygen atoms in total. The van der Waals surface area contributed by atoms with E-state index in [4.69, 9.17) is 0 Å². The van der Waals surface area contributed by atoms with Gasteiger partial charge in [0.25, 0.3) is 0 Å². The van der Waals surface area contributed by atoms with Gasteiger partial charge in [-0.3, -0.25) is 14.4 Å². The van der Waals surface area contributed by atoms with Crippen LogP contribution in [0.2, 0.25) is 0 Å². The Kier molecular flexibility index (Phi) is 4.10. The van der Waals surface area contributed by atoms with Gasteiger partial charge in [0.1, 0.15) is 12.1 Å². The third-order valence-electron chi connectivity index (χ3n) is 4.54. The molecule has 3 saturated heterocycles. The molecule has 3 heterocycles. The fourth-order valence-electron chi connectivity index (χ4n) is 3.38. The number of carbonyl (C=O) groups is 3. The zero-order chi connectivity index (χ0) is 14.8. The average molecular weight is 294 g/mol. The minimum absolute atomic E-state index is 0.0617. The highest BCUT2D eigenvalue weighted by Crippen LogP contribution is 2.22. The van der Waals surface area contributed by atoms with E-state index in [2.05, 4.69) is 10.6 Å². The Balaban J connectivity index is 1.65. The van der Waals surface area contributed by atoms with Crippen molar-refractivity contribution in [2.24, 2.45) is 0 Å². The number of carbonyl (C=O) groups excluding carboxylic acids is 3. The van der Waals surface area contributed by atoms with Crippen molar-refractivity contribution >= 4 is 17.7 Å². The second-order valence-corrected chi connectivity index (χ2v) is 5.92. The normalized spacial score (nSPS) is 29.6. The molecule has 0 aromatic heterocycles. The van der Waals surface area contributed by atoms with Crippen molar-refractivity contribution in [1.29, 1.82) is 0 Å². The Morgan fingerprint density at radius 1 is 1.05 bits per heavy atom. The van der Waals surface area contributed by atoms with Crippen molar-refractivity contribution in [3.8, 4) is 0 Å². The highest BCUT2D eigenvalue weighted by molar-refractivity contribution is 5.94. The molecule has 21 heavy (non-hydrogen) atoms. The van der Waals surface area contributed by atoms with E-state index < -0.39 is 6.04 Å². The molecular weight excluding hydrogens is 272 g/mol. The molecule has 116 valence electrons. The lowest BCUT2D eigenvalue weighted by atomic mass is 10.1. The maximum absolute atomic E-state index is 12.6. The van der Waals surface area contributed by atoms with Crippen LogP contribution in [0.25, 0.3) is 0 Å². The van der Waals surface area contributed by atoms with Crippen LogP contribution < -0.4 is 10.6 Å². The summed E-state index contributed by atoms with van der Waals surface area (Å²) in [6, 6.07) is -0.776. The van der Waals surface area contributed by atoms with Gasteiger partial charge in [-0.2, -0.15) is 0 Å². The summed E-state index contributed by atoms with van der Waals surface area (Å²) in [5.74, 6) is -0.101. The molecule has 0 aromatic rings. The second-order valence-electron chi connectivity index (χ2n) is 5.92. The number of likely N-dealkylation sites (tertiary alicyclic amines) is 1. The molecule has 3 aliphatic heterocycles.